The van der Waals surface area contributed by atoms with Crippen molar-refractivity contribution in [1.82, 2.24) is 4.98 Å². The number of pyridine rings is 1. The minimum absolute atomic E-state index is 0.241. The number of rotatable bonds is 3. The lowest BCUT2D eigenvalue weighted by molar-refractivity contribution is 0.357. The van der Waals surface area contributed by atoms with E-state index in [0.717, 1.165) is 29.9 Å². The van der Waals surface area contributed by atoms with Crippen molar-refractivity contribution in [1.29, 1.82) is 0 Å². The van der Waals surface area contributed by atoms with Gasteiger partial charge in [-0.1, -0.05) is 18.2 Å². The van der Waals surface area contributed by atoms with E-state index in [2.05, 4.69) is 11.1 Å². The largest absolute Gasteiger partial charge is 0.493 e. The van der Waals surface area contributed by atoms with Crippen molar-refractivity contribution in [2.45, 2.75) is 12.5 Å². The lowest BCUT2D eigenvalue weighted by atomic mass is 9.98. The van der Waals surface area contributed by atoms with E-state index in [-0.39, 0.29) is 6.04 Å². The molecule has 2 N–H and O–H groups in total. The predicted molar refractivity (Wildman–Crippen MR) is 72.5 cm³/mol. The van der Waals surface area contributed by atoms with Gasteiger partial charge in [0.2, 0.25) is 5.88 Å². The number of benzene rings is 1. The molecule has 1 unspecified atom stereocenters. The van der Waals surface area contributed by atoms with E-state index in [0.29, 0.717) is 5.88 Å². The van der Waals surface area contributed by atoms with Crippen LogP contribution in [0.2, 0.25) is 0 Å². The molecule has 0 amide bonds. The van der Waals surface area contributed by atoms with Gasteiger partial charge in [0.1, 0.15) is 5.75 Å². The van der Waals surface area contributed by atoms with Gasteiger partial charge in [-0.15, -0.1) is 0 Å². The van der Waals surface area contributed by atoms with E-state index >= 15 is 0 Å². The summed E-state index contributed by atoms with van der Waals surface area (Å²) in [5, 5.41) is 0. The predicted octanol–water partition coefficient (Wildman–Crippen LogP) is 2.07. The maximum absolute atomic E-state index is 6.33. The summed E-state index contributed by atoms with van der Waals surface area (Å²) in [6.07, 6.45) is 2.64. The molecule has 1 atom stereocenters. The Hall–Kier alpha value is -2.07. The summed E-state index contributed by atoms with van der Waals surface area (Å²) in [7, 11) is 1.61. The van der Waals surface area contributed by atoms with Gasteiger partial charge >= 0.3 is 0 Å². The van der Waals surface area contributed by atoms with Crippen molar-refractivity contribution in [3.05, 3.63) is 53.2 Å². The summed E-state index contributed by atoms with van der Waals surface area (Å²) in [6.45, 7) is 0.754. The first-order valence-electron chi connectivity index (χ1n) is 6.29. The third-order valence-electron chi connectivity index (χ3n) is 3.40. The zero-order chi connectivity index (χ0) is 13.2. The maximum atomic E-state index is 6.33. The summed E-state index contributed by atoms with van der Waals surface area (Å²) < 4.78 is 10.8. The molecule has 1 aliphatic heterocycles. The van der Waals surface area contributed by atoms with Crippen LogP contribution in [0.4, 0.5) is 0 Å². The first kappa shape index (κ1) is 12.0. The zero-order valence-electron chi connectivity index (χ0n) is 10.8. The van der Waals surface area contributed by atoms with Crippen molar-refractivity contribution in [2.24, 2.45) is 5.73 Å². The van der Waals surface area contributed by atoms with Crippen LogP contribution in [-0.4, -0.2) is 18.7 Å². The Morgan fingerprint density at radius 3 is 3.11 bits per heavy atom. The minimum Gasteiger partial charge on any atom is -0.493 e. The third kappa shape index (κ3) is 2.15. The number of fused-ring (bicyclic) bond motifs is 1. The second-order valence-corrected chi connectivity index (χ2v) is 4.55. The molecule has 0 spiro atoms. The summed E-state index contributed by atoms with van der Waals surface area (Å²) in [4.78, 5) is 4.19. The number of nitrogens with two attached hydrogens (primary N) is 1. The molecular weight excluding hydrogens is 240 g/mol. The lowest BCUT2D eigenvalue weighted by Gasteiger charge is -2.15. The molecular formula is C15H16N2O2. The van der Waals surface area contributed by atoms with Gasteiger partial charge < -0.3 is 15.2 Å². The number of methoxy groups -OCH3 is 1. The Kier molecular flexibility index (Phi) is 3.09. The Bertz CT molecular complexity index is 598. The van der Waals surface area contributed by atoms with Gasteiger partial charge in [0, 0.05) is 18.2 Å². The Morgan fingerprint density at radius 2 is 2.26 bits per heavy atom. The van der Waals surface area contributed by atoms with Gasteiger partial charge in [-0.2, -0.15) is 0 Å². The molecule has 0 aliphatic carbocycles. The first-order valence-corrected chi connectivity index (χ1v) is 6.29. The van der Waals surface area contributed by atoms with E-state index in [9.17, 15) is 0 Å². The smallest absolute Gasteiger partial charge is 0.218 e. The molecule has 4 heteroatoms. The average Bonchev–Trinajstić information content (AvgIpc) is 2.93. The monoisotopic (exact) mass is 256 g/mol. The Labute approximate surface area is 112 Å². The van der Waals surface area contributed by atoms with Gasteiger partial charge in [0.05, 0.1) is 19.8 Å². The van der Waals surface area contributed by atoms with Crippen molar-refractivity contribution in [2.75, 3.05) is 13.7 Å². The van der Waals surface area contributed by atoms with E-state index < -0.39 is 0 Å². The molecule has 1 aromatic heterocycles. The van der Waals surface area contributed by atoms with Gasteiger partial charge in [-0.05, 0) is 23.3 Å². The summed E-state index contributed by atoms with van der Waals surface area (Å²) in [5.74, 6) is 1.54. The van der Waals surface area contributed by atoms with Crippen LogP contribution < -0.4 is 15.2 Å². The fourth-order valence-corrected chi connectivity index (χ4v) is 2.39. The molecule has 0 fully saturated rings. The summed E-state index contributed by atoms with van der Waals surface area (Å²) in [5.41, 5.74) is 9.49. The number of hydrogen-bond acceptors (Lipinski definition) is 4. The Morgan fingerprint density at radius 1 is 1.37 bits per heavy atom. The topological polar surface area (TPSA) is 57.4 Å². The molecule has 0 saturated heterocycles. The third-order valence-corrected chi connectivity index (χ3v) is 3.40. The highest BCUT2D eigenvalue weighted by atomic mass is 16.5. The number of nitrogens with zero attached hydrogens (tertiary/aromatic N) is 1. The molecule has 0 bridgehead atoms. The van der Waals surface area contributed by atoms with Crippen molar-refractivity contribution >= 4 is 0 Å². The van der Waals surface area contributed by atoms with Gasteiger partial charge in [-0.3, -0.25) is 0 Å². The lowest BCUT2D eigenvalue weighted by Crippen LogP contribution is -2.13. The van der Waals surface area contributed by atoms with Crippen molar-refractivity contribution < 1.29 is 9.47 Å². The van der Waals surface area contributed by atoms with Crippen LogP contribution in [0.25, 0.3) is 0 Å². The van der Waals surface area contributed by atoms with Gasteiger partial charge in [-0.25, -0.2) is 4.98 Å². The fourth-order valence-electron chi connectivity index (χ4n) is 2.39. The minimum atomic E-state index is -0.241. The van der Waals surface area contributed by atoms with Crippen molar-refractivity contribution in [3.63, 3.8) is 0 Å². The molecule has 2 heterocycles. The summed E-state index contributed by atoms with van der Waals surface area (Å²) >= 11 is 0. The van der Waals surface area contributed by atoms with Gasteiger partial charge in [0.15, 0.2) is 0 Å². The molecule has 98 valence electrons. The standard InChI is InChI=1S/C15H16N2O2/c1-18-15-12(3-2-7-17-15)14(16)11-4-5-13-10(9-11)6-8-19-13/h2-5,7,9,14H,6,8,16H2,1H3. The van der Waals surface area contributed by atoms with Gasteiger partial charge in [0.25, 0.3) is 0 Å². The molecule has 1 aromatic carbocycles. The highest BCUT2D eigenvalue weighted by Crippen LogP contribution is 2.31. The van der Waals surface area contributed by atoms with Crippen LogP contribution in [0.1, 0.15) is 22.7 Å². The highest BCUT2D eigenvalue weighted by Gasteiger charge is 2.18. The van der Waals surface area contributed by atoms with Crippen LogP contribution in [0.5, 0.6) is 11.6 Å². The number of ether oxygens (including phenoxy) is 2. The zero-order valence-corrected chi connectivity index (χ0v) is 10.8. The molecule has 0 radical (unpaired) electrons. The highest BCUT2D eigenvalue weighted by molar-refractivity contribution is 5.44. The first-order chi connectivity index (χ1) is 9.29. The summed E-state index contributed by atoms with van der Waals surface area (Å²) in [6, 6.07) is 9.67. The number of hydrogen-bond donors (Lipinski definition) is 1. The van der Waals surface area contributed by atoms with E-state index in [1.165, 1.54) is 5.56 Å². The Balaban J connectivity index is 1.97. The number of aromatic nitrogens is 1. The molecule has 19 heavy (non-hydrogen) atoms. The van der Waals surface area contributed by atoms with E-state index in [1.807, 2.05) is 24.3 Å². The van der Waals surface area contributed by atoms with Crippen LogP contribution in [-0.2, 0) is 6.42 Å². The van der Waals surface area contributed by atoms with Crippen LogP contribution in [0.15, 0.2) is 36.5 Å². The van der Waals surface area contributed by atoms with E-state index in [1.54, 1.807) is 13.3 Å². The molecule has 2 aromatic rings. The normalized spacial score (nSPS) is 14.6. The maximum Gasteiger partial charge on any atom is 0.218 e. The van der Waals surface area contributed by atoms with Crippen LogP contribution >= 0.6 is 0 Å². The van der Waals surface area contributed by atoms with Crippen molar-refractivity contribution in [3.8, 4) is 11.6 Å². The SMILES string of the molecule is COc1ncccc1C(N)c1ccc2c(c1)CCO2. The van der Waals surface area contributed by atoms with E-state index in [4.69, 9.17) is 15.2 Å². The van der Waals surface area contributed by atoms with Crippen LogP contribution in [0.3, 0.4) is 0 Å². The average molecular weight is 256 g/mol. The molecule has 3 rings (SSSR count). The molecule has 0 saturated carbocycles. The van der Waals surface area contributed by atoms with Crippen LogP contribution in [0, 0.1) is 0 Å². The second-order valence-electron chi connectivity index (χ2n) is 4.55. The fraction of sp³-hybridized carbons (Fsp3) is 0.267. The quantitative estimate of drug-likeness (QED) is 0.913. The second kappa shape index (κ2) is 4.90. The molecule has 4 nitrogen and oxygen atoms in total. The molecule has 1 aliphatic rings.